The molecular formula is C30H41F2N5O4S. The molecule has 6 rings (SSSR count). The number of carbonyl (C=O) groups is 1. The van der Waals surface area contributed by atoms with E-state index >= 15 is 0 Å². The van der Waals surface area contributed by atoms with Crippen molar-refractivity contribution in [3.8, 4) is 0 Å². The summed E-state index contributed by atoms with van der Waals surface area (Å²) in [6.07, 6.45) is 10.1. The monoisotopic (exact) mass is 605 g/mol. The van der Waals surface area contributed by atoms with Crippen molar-refractivity contribution >= 4 is 16.1 Å². The fourth-order valence-electron chi connectivity index (χ4n) is 8.13. The van der Waals surface area contributed by atoms with Crippen LogP contribution in [0.3, 0.4) is 0 Å². The second-order valence-corrected chi connectivity index (χ2v) is 14.5. The minimum Gasteiger partial charge on any atom is -0.453 e. The van der Waals surface area contributed by atoms with Crippen molar-refractivity contribution < 1.29 is 26.7 Å². The summed E-state index contributed by atoms with van der Waals surface area (Å²) < 4.78 is 61.5. The Labute approximate surface area is 246 Å². The zero-order valence-corrected chi connectivity index (χ0v) is 25.2. The van der Waals surface area contributed by atoms with E-state index in [0.717, 1.165) is 56.8 Å². The predicted molar refractivity (Wildman–Crippen MR) is 153 cm³/mol. The summed E-state index contributed by atoms with van der Waals surface area (Å²) in [5.74, 6) is -1.00. The second kappa shape index (κ2) is 11.8. The van der Waals surface area contributed by atoms with E-state index in [1.54, 1.807) is 4.90 Å². The fraction of sp³-hybridized carbons (Fsp3) is 0.667. The van der Waals surface area contributed by atoms with Crippen LogP contribution in [0.2, 0.25) is 0 Å². The van der Waals surface area contributed by atoms with Gasteiger partial charge in [0.25, 0.3) is 0 Å². The molecule has 0 aliphatic carbocycles. The molecule has 3 saturated heterocycles. The van der Waals surface area contributed by atoms with Gasteiger partial charge in [0.15, 0.2) is 0 Å². The second-order valence-electron chi connectivity index (χ2n) is 12.5. The zero-order valence-electron chi connectivity index (χ0n) is 24.4. The number of nitrogens with zero attached hydrogens (tertiary/aromatic N) is 5. The molecule has 2 aromatic rings. The van der Waals surface area contributed by atoms with Crippen LogP contribution in [-0.4, -0.2) is 89.8 Å². The van der Waals surface area contributed by atoms with Crippen molar-refractivity contribution in [1.82, 2.24) is 23.7 Å². The number of piperidine rings is 2. The number of benzene rings is 1. The Balaban J connectivity index is 1.14. The molecule has 2 unspecified atom stereocenters. The number of ether oxygens (including phenoxy) is 1. The number of halogens is 2. The lowest BCUT2D eigenvalue weighted by Gasteiger charge is -2.42. The molecule has 230 valence electrons. The van der Waals surface area contributed by atoms with Gasteiger partial charge in [-0.2, -0.15) is 0 Å². The van der Waals surface area contributed by atoms with Gasteiger partial charge in [0.2, 0.25) is 10.0 Å². The summed E-state index contributed by atoms with van der Waals surface area (Å²) in [5.41, 5.74) is 2.86. The van der Waals surface area contributed by atoms with E-state index in [1.165, 1.54) is 35.5 Å². The van der Waals surface area contributed by atoms with Crippen molar-refractivity contribution in [2.24, 2.45) is 5.92 Å². The van der Waals surface area contributed by atoms with Gasteiger partial charge in [-0.25, -0.2) is 31.3 Å². The number of methoxy groups -OCH3 is 1. The summed E-state index contributed by atoms with van der Waals surface area (Å²) >= 11 is 0. The zero-order chi connectivity index (χ0) is 29.6. The van der Waals surface area contributed by atoms with E-state index in [1.807, 2.05) is 6.33 Å². The van der Waals surface area contributed by atoms with Gasteiger partial charge in [-0.3, -0.25) is 4.90 Å². The van der Waals surface area contributed by atoms with Crippen LogP contribution in [0, 0.1) is 17.6 Å². The van der Waals surface area contributed by atoms with Gasteiger partial charge in [-0.1, -0.05) is 0 Å². The summed E-state index contributed by atoms with van der Waals surface area (Å²) in [7, 11) is -1.85. The van der Waals surface area contributed by atoms with E-state index in [-0.39, 0.29) is 17.9 Å². The standard InChI is InChI=1S/C30H41F2N5O4S/c1-41-30(38)34-9-8-29-28(18-34)33-19-37(29)26-16-24-3-4-25(17-26)36(24)12-7-27(21-13-22(31)15-23(32)14-21)20-5-10-35(11-6-20)42(2,39)40/h13-15,19-20,24-27H,3-12,16-18H2,1-2H3/t24?,25?,26?,27-/m1/s1. The van der Waals surface area contributed by atoms with Crippen molar-refractivity contribution in [2.45, 2.75) is 82.0 Å². The number of hydrogen-bond acceptors (Lipinski definition) is 6. The number of fused-ring (bicyclic) bond motifs is 3. The SMILES string of the molecule is COC(=O)N1CCc2c(ncn2C2CC3CCC(C2)N3CC[C@@H](c2cc(F)cc(F)c2)C2CCN(S(C)(=O)=O)CC2)C1. The lowest BCUT2D eigenvalue weighted by Crippen LogP contribution is -2.45. The minimum absolute atomic E-state index is 0.0348. The predicted octanol–water partition coefficient (Wildman–Crippen LogP) is 4.30. The molecular weight excluding hydrogens is 564 g/mol. The van der Waals surface area contributed by atoms with Crippen molar-refractivity contribution in [3.05, 3.63) is 53.1 Å². The number of rotatable bonds is 7. The number of carbonyl (C=O) groups excluding carboxylic acids is 1. The highest BCUT2D eigenvalue weighted by Crippen LogP contribution is 2.44. The summed E-state index contributed by atoms with van der Waals surface area (Å²) in [6.45, 7) is 2.85. The van der Waals surface area contributed by atoms with Crippen molar-refractivity contribution in [1.29, 1.82) is 0 Å². The molecule has 3 atom stereocenters. The average Bonchev–Trinajstić information content (AvgIpc) is 3.48. The Hall–Kier alpha value is -2.57. The van der Waals surface area contributed by atoms with E-state index in [2.05, 4.69) is 14.5 Å². The number of sulfonamides is 1. The smallest absolute Gasteiger partial charge is 0.409 e. The Kier molecular flexibility index (Phi) is 8.32. The highest BCUT2D eigenvalue weighted by atomic mass is 32.2. The topological polar surface area (TPSA) is 88.0 Å². The van der Waals surface area contributed by atoms with Crippen LogP contribution < -0.4 is 0 Å². The Morgan fingerprint density at radius 3 is 2.31 bits per heavy atom. The third kappa shape index (κ3) is 5.94. The molecule has 9 nitrogen and oxygen atoms in total. The maximum Gasteiger partial charge on any atom is 0.409 e. The van der Waals surface area contributed by atoms with Crippen LogP contribution in [0.15, 0.2) is 24.5 Å². The van der Waals surface area contributed by atoms with Crippen LogP contribution >= 0.6 is 0 Å². The highest BCUT2D eigenvalue weighted by Gasteiger charge is 2.42. The van der Waals surface area contributed by atoms with Gasteiger partial charge in [-0.15, -0.1) is 0 Å². The minimum atomic E-state index is -3.25. The first-order chi connectivity index (χ1) is 20.1. The quantitative estimate of drug-likeness (QED) is 0.468. The molecule has 1 aromatic carbocycles. The van der Waals surface area contributed by atoms with Crippen LogP contribution in [0.5, 0.6) is 0 Å². The van der Waals surface area contributed by atoms with Gasteiger partial charge in [0.05, 0.1) is 31.9 Å². The Morgan fingerprint density at radius 2 is 1.69 bits per heavy atom. The van der Waals surface area contributed by atoms with E-state index in [4.69, 9.17) is 4.74 Å². The normalized spacial score (nSPS) is 26.3. The van der Waals surface area contributed by atoms with Crippen LogP contribution in [0.4, 0.5) is 13.6 Å². The Morgan fingerprint density at radius 1 is 1.02 bits per heavy atom. The van der Waals surface area contributed by atoms with Gasteiger partial charge < -0.3 is 14.2 Å². The molecule has 1 amide bonds. The molecule has 12 heteroatoms. The molecule has 3 fully saturated rings. The maximum atomic E-state index is 14.3. The Bertz CT molecular complexity index is 1380. The summed E-state index contributed by atoms with van der Waals surface area (Å²) in [6, 6.07) is 5.09. The summed E-state index contributed by atoms with van der Waals surface area (Å²) in [4.78, 5) is 21.0. The van der Waals surface area contributed by atoms with Crippen LogP contribution in [0.25, 0.3) is 0 Å². The van der Waals surface area contributed by atoms with Crippen molar-refractivity contribution in [2.75, 3.05) is 39.5 Å². The molecule has 0 N–H and O–H groups in total. The molecule has 42 heavy (non-hydrogen) atoms. The number of hydrogen-bond donors (Lipinski definition) is 0. The van der Waals surface area contributed by atoms with E-state index < -0.39 is 21.7 Å². The maximum absolute atomic E-state index is 14.3. The van der Waals surface area contributed by atoms with Gasteiger partial charge in [0.1, 0.15) is 11.6 Å². The molecule has 1 aromatic heterocycles. The highest BCUT2D eigenvalue weighted by molar-refractivity contribution is 7.88. The molecule has 0 spiro atoms. The molecule has 4 aliphatic heterocycles. The van der Waals surface area contributed by atoms with Crippen LogP contribution in [-0.2, 0) is 27.7 Å². The third-order valence-electron chi connectivity index (χ3n) is 10.2. The number of aromatic nitrogens is 2. The van der Waals surface area contributed by atoms with Crippen LogP contribution in [0.1, 0.15) is 73.9 Å². The number of amides is 1. The first kappa shape index (κ1) is 29.5. The average molecular weight is 606 g/mol. The van der Waals surface area contributed by atoms with Gasteiger partial charge >= 0.3 is 6.09 Å². The molecule has 4 aliphatic rings. The molecule has 5 heterocycles. The van der Waals surface area contributed by atoms with Gasteiger partial charge in [0, 0.05) is 55.9 Å². The fourth-order valence-corrected chi connectivity index (χ4v) is 9.00. The molecule has 2 bridgehead atoms. The number of imidazole rings is 1. The third-order valence-corrected chi connectivity index (χ3v) is 11.5. The molecule has 0 radical (unpaired) electrons. The lowest BCUT2D eigenvalue weighted by atomic mass is 9.78. The molecule has 0 saturated carbocycles. The lowest BCUT2D eigenvalue weighted by molar-refractivity contribution is 0.0960. The summed E-state index contributed by atoms with van der Waals surface area (Å²) in [5, 5.41) is 0. The van der Waals surface area contributed by atoms with Gasteiger partial charge in [-0.05, 0) is 81.0 Å². The first-order valence-electron chi connectivity index (χ1n) is 15.1. The first-order valence-corrected chi connectivity index (χ1v) is 17.0. The largest absolute Gasteiger partial charge is 0.453 e. The van der Waals surface area contributed by atoms with E-state index in [9.17, 15) is 22.0 Å². The van der Waals surface area contributed by atoms with Crippen molar-refractivity contribution in [3.63, 3.8) is 0 Å². The van der Waals surface area contributed by atoms with E-state index in [0.29, 0.717) is 62.7 Å².